The number of aryl methyl sites for hydroxylation is 1. The van der Waals surface area contributed by atoms with Crippen molar-refractivity contribution in [3.63, 3.8) is 0 Å². The zero-order chi connectivity index (χ0) is 47.8. The van der Waals surface area contributed by atoms with E-state index in [9.17, 15) is 24.3 Å². The number of carbonyl (C=O) groups is 3. The fraction of sp³-hybridized carbons (Fsp3) is 0.457. The van der Waals surface area contributed by atoms with Gasteiger partial charge in [0.25, 0.3) is 11.5 Å². The molecule has 0 saturated carbocycles. The normalized spacial score (nSPS) is 12.2. The fourth-order valence-corrected chi connectivity index (χ4v) is 7.20. The van der Waals surface area contributed by atoms with Gasteiger partial charge >= 0.3 is 5.97 Å². The van der Waals surface area contributed by atoms with E-state index >= 15 is 0 Å². The maximum Gasteiger partial charge on any atom is 0.326 e. The van der Waals surface area contributed by atoms with Crippen LogP contribution in [0.2, 0.25) is 0 Å². The van der Waals surface area contributed by atoms with Crippen LogP contribution in [-0.4, -0.2) is 123 Å². The molecule has 4 heterocycles. The molecule has 0 bridgehead atoms. The number of ether oxygens (including phenoxy) is 4. The molecule has 0 fully saturated rings. The van der Waals surface area contributed by atoms with Gasteiger partial charge in [-0.1, -0.05) is 45.4 Å². The first-order valence-electron chi connectivity index (χ1n) is 22.3. The molecule has 0 saturated heterocycles. The number of aromatic amines is 1. The number of imidazole rings is 1. The minimum Gasteiger partial charge on any atom is -0.480 e. The molecular formula is C46H60N12O9. The van der Waals surface area contributed by atoms with Crippen LogP contribution < -0.4 is 33.0 Å². The molecule has 0 aliphatic rings. The Morgan fingerprint density at radius 3 is 2.30 bits per heavy atom. The number of nitrogens with two attached hydrogens (primary N) is 2. The smallest absolute Gasteiger partial charge is 0.326 e. The van der Waals surface area contributed by atoms with Gasteiger partial charge in [0.05, 0.1) is 82.3 Å². The Morgan fingerprint density at radius 2 is 1.58 bits per heavy atom. The van der Waals surface area contributed by atoms with Crippen LogP contribution in [0.5, 0.6) is 0 Å². The lowest BCUT2D eigenvalue weighted by Crippen LogP contribution is -2.41. The predicted octanol–water partition coefficient (Wildman–Crippen LogP) is 3.60. The van der Waals surface area contributed by atoms with E-state index in [0.29, 0.717) is 70.0 Å². The first-order valence-corrected chi connectivity index (χ1v) is 22.3. The molecule has 6 rings (SSSR count). The van der Waals surface area contributed by atoms with Gasteiger partial charge in [0.1, 0.15) is 17.4 Å². The van der Waals surface area contributed by atoms with Crippen LogP contribution in [0, 0.1) is 5.41 Å². The number of hydrogen-bond acceptors (Lipinski definition) is 16. The lowest BCUT2D eigenvalue weighted by molar-refractivity contribution is -0.139. The van der Waals surface area contributed by atoms with Crippen molar-refractivity contribution in [3.05, 3.63) is 82.2 Å². The molecule has 2 amide bonds. The summed E-state index contributed by atoms with van der Waals surface area (Å²) >= 11 is 0. The van der Waals surface area contributed by atoms with Crippen LogP contribution in [0.1, 0.15) is 68.3 Å². The van der Waals surface area contributed by atoms with E-state index in [1.165, 1.54) is 18.3 Å². The Bertz CT molecular complexity index is 2670. The van der Waals surface area contributed by atoms with Gasteiger partial charge in [-0.05, 0) is 43.2 Å². The van der Waals surface area contributed by atoms with E-state index in [-0.39, 0.29) is 66.5 Å². The topological polar surface area (TPSA) is 299 Å². The number of nitrogens with zero attached hydrogens (tertiary/aromatic N) is 6. The number of carboxylic acids is 1. The highest BCUT2D eigenvalue weighted by Crippen LogP contribution is 2.32. The van der Waals surface area contributed by atoms with E-state index in [4.69, 9.17) is 35.4 Å². The molecule has 0 aliphatic carbocycles. The summed E-state index contributed by atoms with van der Waals surface area (Å²) in [7, 11) is 0. The second kappa shape index (κ2) is 24.1. The summed E-state index contributed by atoms with van der Waals surface area (Å²) < 4.78 is 25.2. The Balaban J connectivity index is 0.787. The quantitative estimate of drug-likeness (QED) is 0.0346. The zero-order valence-corrected chi connectivity index (χ0v) is 38.1. The molecule has 4 aromatic heterocycles. The number of carboxylic acid groups (broad SMARTS) is 1. The number of anilines is 3. The summed E-state index contributed by atoms with van der Waals surface area (Å²) in [6.07, 6.45) is 4.19. The lowest BCUT2D eigenvalue weighted by Gasteiger charge is -2.26. The number of nitrogen functional groups attached to an aromatic ring is 2. The van der Waals surface area contributed by atoms with Gasteiger partial charge in [0.15, 0.2) is 17.0 Å². The second-order valence-corrected chi connectivity index (χ2v) is 16.7. The third-order valence-electron chi connectivity index (χ3n) is 10.6. The van der Waals surface area contributed by atoms with Crippen LogP contribution in [0.15, 0.2) is 59.5 Å². The summed E-state index contributed by atoms with van der Waals surface area (Å²) in [4.78, 5) is 73.5. The number of nitrogens with one attached hydrogen (secondary N) is 4. The van der Waals surface area contributed by atoms with Crippen LogP contribution in [0.25, 0.3) is 33.1 Å². The molecule has 21 heteroatoms. The van der Waals surface area contributed by atoms with Gasteiger partial charge in [-0.15, -0.1) is 0 Å². The van der Waals surface area contributed by atoms with E-state index < -0.39 is 23.5 Å². The minimum absolute atomic E-state index is 0.0543. The third-order valence-corrected chi connectivity index (χ3v) is 10.6. The minimum atomic E-state index is -1.28. The Kier molecular flexibility index (Phi) is 17.8. The standard InChI is InChI=1S/C46H60N12O9/c1-4-5-10-35-55-37-39(32-8-6-7-9-33(32)53-40(37)47)58(35)27-46(2,3)28-67-24-23-66-22-21-65-20-19-64-18-17-49-36(59)16-15-34(44(62)63)54-42(60)29-11-13-30(14-12-29)50-25-31-26-51-41-38(52-31)43(61)57-45(48)56-41/h6-9,11-14,26,34,50H,4-5,10,15-25,27-28H2,1-3H3,(H2,47,53)(H,49,59)(H,54,60)(H,62,63)(H3,48,51,56,57,61)/t34-/m0/s1. The summed E-state index contributed by atoms with van der Waals surface area (Å²) in [5.41, 5.74) is 15.4. The highest BCUT2D eigenvalue weighted by Gasteiger charge is 2.25. The molecule has 0 unspecified atom stereocenters. The largest absolute Gasteiger partial charge is 0.480 e. The van der Waals surface area contributed by atoms with Crippen LogP contribution in [0.3, 0.4) is 0 Å². The summed E-state index contributed by atoms with van der Waals surface area (Å²) in [6, 6.07) is 13.1. The predicted molar refractivity (Wildman–Crippen MR) is 252 cm³/mol. The molecule has 9 N–H and O–H groups in total. The number of amides is 2. The molecule has 0 aliphatic heterocycles. The number of carbonyl (C=O) groups excluding carboxylic acids is 2. The maximum absolute atomic E-state index is 12.8. The molecule has 0 spiro atoms. The molecule has 1 atom stereocenters. The Hall–Kier alpha value is -6.81. The number of unbranched alkanes of at least 4 members (excludes halogenated alkanes) is 1. The number of pyridine rings is 1. The van der Waals surface area contributed by atoms with Crippen LogP contribution in [0.4, 0.5) is 17.5 Å². The van der Waals surface area contributed by atoms with E-state index in [1.54, 1.807) is 12.1 Å². The number of rotatable bonds is 28. The number of aromatic nitrogens is 7. The molecule has 6 aromatic rings. The van der Waals surface area contributed by atoms with Crippen molar-refractivity contribution in [3.8, 4) is 0 Å². The monoisotopic (exact) mass is 924 g/mol. The van der Waals surface area contributed by atoms with Crippen molar-refractivity contribution < 1.29 is 38.4 Å². The van der Waals surface area contributed by atoms with E-state index in [1.807, 2.05) is 18.2 Å². The van der Waals surface area contributed by atoms with Crippen molar-refractivity contribution >= 4 is 68.3 Å². The van der Waals surface area contributed by atoms with Gasteiger partial charge in [-0.25, -0.2) is 24.7 Å². The number of fused-ring (bicyclic) bond motifs is 4. The van der Waals surface area contributed by atoms with E-state index in [2.05, 4.69) is 72.3 Å². The summed E-state index contributed by atoms with van der Waals surface area (Å²) in [5, 5.41) is 19.0. The van der Waals surface area contributed by atoms with Crippen molar-refractivity contribution in [2.45, 2.75) is 72.0 Å². The molecule has 0 radical (unpaired) electrons. The first-order chi connectivity index (χ1) is 32.3. The van der Waals surface area contributed by atoms with Gasteiger partial charge in [0, 0.05) is 48.0 Å². The number of benzene rings is 2. The average Bonchev–Trinajstić information content (AvgIpc) is 3.66. The average molecular weight is 925 g/mol. The summed E-state index contributed by atoms with van der Waals surface area (Å²) in [5.74, 6) is -0.846. The molecule has 2 aromatic carbocycles. The van der Waals surface area contributed by atoms with Gasteiger partial charge in [0.2, 0.25) is 11.9 Å². The van der Waals surface area contributed by atoms with Gasteiger partial charge in [-0.2, -0.15) is 4.98 Å². The highest BCUT2D eigenvalue weighted by molar-refractivity contribution is 6.06. The van der Waals surface area contributed by atoms with Crippen molar-refractivity contribution in [1.29, 1.82) is 0 Å². The van der Waals surface area contributed by atoms with Crippen molar-refractivity contribution in [2.24, 2.45) is 5.41 Å². The Labute approximate surface area is 386 Å². The molecule has 67 heavy (non-hydrogen) atoms. The second-order valence-electron chi connectivity index (χ2n) is 16.7. The third kappa shape index (κ3) is 14.3. The number of para-hydroxylation sites is 1. The van der Waals surface area contributed by atoms with Crippen molar-refractivity contribution in [2.75, 3.05) is 76.2 Å². The van der Waals surface area contributed by atoms with E-state index in [0.717, 1.165) is 47.0 Å². The molecular weight excluding hydrogens is 865 g/mol. The van der Waals surface area contributed by atoms with Gasteiger partial charge < -0.3 is 56.0 Å². The fourth-order valence-electron chi connectivity index (χ4n) is 7.20. The maximum atomic E-state index is 12.8. The number of hydrogen-bond donors (Lipinski definition) is 7. The molecule has 358 valence electrons. The van der Waals surface area contributed by atoms with Gasteiger partial charge in [-0.3, -0.25) is 19.4 Å². The number of aliphatic carboxylic acids is 1. The lowest BCUT2D eigenvalue weighted by atomic mass is 9.94. The van der Waals surface area contributed by atoms with Crippen LogP contribution in [-0.2, 0) is 48.0 Å². The SMILES string of the molecule is CCCCc1nc2c(N)nc3ccccc3c2n1CC(C)(C)COCCOCCOCCOCCNC(=O)CC[C@H](NC(=O)c1ccc(NCc2cnc3nc(N)[nH]c(=O)c3n2)cc1)C(=O)O. The Morgan fingerprint density at radius 1 is 0.881 bits per heavy atom. The molecule has 21 nitrogen and oxygen atoms in total. The number of H-pyrrole nitrogens is 1. The van der Waals surface area contributed by atoms with Crippen LogP contribution >= 0.6 is 0 Å². The van der Waals surface area contributed by atoms with Crippen molar-refractivity contribution in [1.82, 2.24) is 45.1 Å². The highest BCUT2D eigenvalue weighted by atomic mass is 16.6. The zero-order valence-electron chi connectivity index (χ0n) is 38.1. The first kappa shape index (κ1) is 49.6. The summed E-state index contributed by atoms with van der Waals surface area (Å²) in [6.45, 7) is 10.8.